The van der Waals surface area contributed by atoms with Crippen LogP contribution in [0, 0.1) is 5.92 Å². The lowest BCUT2D eigenvalue weighted by molar-refractivity contribution is -0.134. The molecule has 49 heavy (non-hydrogen) atoms. The summed E-state index contributed by atoms with van der Waals surface area (Å²) in [5.74, 6) is -1.19. The van der Waals surface area contributed by atoms with Crippen molar-refractivity contribution in [3.63, 3.8) is 0 Å². The number of Topliss-reactive ketones (excluding diaryl/α,β-unsaturated/α-hetero) is 1. The molecule has 1 saturated heterocycles. The molecule has 0 spiro atoms. The van der Waals surface area contributed by atoms with E-state index in [-0.39, 0.29) is 42.4 Å². The molecule has 0 saturated carbocycles. The molecule has 1 unspecified atom stereocenters. The lowest BCUT2D eigenvalue weighted by Gasteiger charge is -2.34. The Morgan fingerprint density at radius 2 is 1.59 bits per heavy atom. The van der Waals surface area contributed by atoms with Crippen LogP contribution >= 0.6 is 0 Å². The van der Waals surface area contributed by atoms with Gasteiger partial charge in [0.05, 0.1) is 25.1 Å². The van der Waals surface area contributed by atoms with Crippen molar-refractivity contribution in [2.24, 2.45) is 11.7 Å². The molecule has 2 atom stereocenters. The number of aromatic nitrogens is 2. The van der Waals surface area contributed by atoms with Gasteiger partial charge in [0, 0.05) is 30.8 Å². The number of hydrogen-bond donors (Lipinski definition) is 4. The number of likely N-dealkylation sites (tertiary alicyclic amines) is 1. The van der Waals surface area contributed by atoms with Gasteiger partial charge in [-0.2, -0.15) is 0 Å². The van der Waals surface area contributed by atoms with Gasteiger partial charge in [-0.1, -0.05) is 60.7 Å². The average Bonchev–Trinajstić information content (AvgIpc) is 3.56. The number of aromatic hydroxyl groups is 1. The minimum atomic E-state index is -1.23. The summed E-state index contributed by atoms with van der Waals surface area (Å²) in [7, 11) is 0. The molecule has 4 aromatic rings. The van der Waals surface area contributed by atoms with Gasteiger partial charge in [0.1, 0.15) is 17.8 Å². The van der Waals surface area contributed by atoms with E-state index in [0.717, 1.165) is 11.1 Å². The predicted octanol–water partition coefficient (Wildman–Crippen LogP) is 3.68. The predicted molar refractivity (Wildman–Crippen MR) is 183 cm³/mol. The normalized spacial score (nSPS) is 14.9. The molecule has 256 valence electrons. The minimum absolute atomic E-state index is 0.00307. The van der Waals surface area contributed by atoms with Crippen molar-refractivity contribution in [2.75, 3.05) is 25.0 Å². The van der Waals surface area contributed by atoms with E-state index in [1.807, 2.05) is 60.7 Å². The number of rotatable bonds is 13. The summed E-state index contributed by atoms with van der Waals surface area (Å²) in [6.45, 7) is 4.01. The average molecular weight is 667 g/mol. The molecule has 0 aliphatic carbocycles. The zero-order chi connectivity index (χ0) is 35.0. The fraction of sp³-hybridized carbons (Fsp3) is 0.324. The molecule has 3 aromatic carbocycles. The van der Waals surface area contributed by atoms with Gasteiger partial charge >= 0.3 is 0 Å². The van der Waals surface area contributed by atoms with Crippen LogP contribution in [0.1, 0.15) is 54.2 Å². The minimum Gasteiger partial charge on any atom is -0.508 e. The molecule has 1 fully saturated rings. The van der Waals surface area contributed by atoms with Crippen molar-refractivity contribution in [3.05, 3.63) is 114 Å². The Kier molecular flexibility index (Phi) is 11.2. The number of phenolic OH excluding ortho intramolecular Hbond substituents is 1. The Labute approximate surface area is 285 Å². The number of phenols is 1. The maximum Gasteiger partial charge on any atom is 0.250 e. The largest absolute Gasteiger partial charge is 0.508 e. The van der Waals surface area contributed by atoms with E-state index in [1.165, 1.54) is 18.5 Å². The standard InChI is InChI=1S/C37H42N6O6/c1-37(2,38)36(48)40-30(23-49-22-25-9-5-3-6-10-25)34(46)41-31-21-43(24-39-31)32(26-11-7-4-8-12-26)35(47)42-19-17-28(18-20-42)33(45)27-13-15-29(44)16-14-27/h3-16,21,24,28,30,32,44H,17-20,22-23,38H2,1-2H3,(H,40,48)(H,41,46)/t30-,32?/m1/s1. The van der Waals surface area contributed by atoms with Gasteiger partial charge in [0.15, 0.2) is 11.6 Å². The number of carbonyl (C=O) groups excluding carboxylic acids is 4. The van der Waals surface area contributed by atoms with E-state index in [1.54, 1.807) is 41.6 Å². The number of carbonyl (C=O) groups is 4. The number of piperidine rings is 1. The summed E-state index contributed by atoms with van der Waals surface area (Å²) < 4.78 is 7.43. The zero-order valence-corrected chi connectivity index (χ0v) is 27.6. The van der Waals surface area contributed by atoms with Crippen LogP contribution in [0.2, 0.25) is 0 Å². The van der Waals surface area contributed by atoms with Gasteiger partial charge < -0.3 is 35.7 Å². The highest BCUT2D eigenvalue weighted by molar-refractivity contribution is 5.99. The Morgan fingerprint density at radius 1 is 0.959 bits per heavy atom. The smallest absolute Gasteiger partial charge is 0.250 e. The first kappa shape index (κ1) is 35.0. The third-order valence-electron chi connectivity index (χ3n) is 8.43. The summed E-state index contributed by atoms with van der Waals surface area (Å²) >= 11 is 0. The van der Waals surface area contributed by atoms with Gasteiger partial charge in [-0.25, -0.2) is 4.98 Å². The van der Waals surface area contributed by atoms with Crippen molar-refractivity contribution in [2.45, 2.75) is 50.9 Å². The van der Waals surface area contributed by atoms with Crippen LogP contribution in [0.5, 0.6) is 5.75 Å². The number of ether oxygens (including phenoxy) is 1. The van der Waals surface area contributed by atoms with Crippen LogP contribution in [-0.4, -0.2) is 74.3 Å². The molecule has 3 amide bonds. The van der Waals surface area contributed by atoms with Crippen LogP contribution < -0.4 is 16.4 Å². The number of anilines is 1. The third kappa shape index (κ3) is 9.18. The molecule has 1 aliphatic heterocycles. The molecule has 0 bridgehead atoms. The highest BCUT2D eigenvalue weighted by Gasteiger charge is 2.33. The number of ketones is 1. The molecule has 12 nitrogen and oxygen atoms in total. The highest BCUT2D eigenvalue weighted by Crippen LogP contribution is 2.28. The maximum absolute atomic E-state index is 14.1. The lowest BCUT2D eigenvalue weighted by atomic mass is 9.88. The number of nitrogens with zero attached hydrogens (tertiary/aromatic N) is 3. The molecule has 0 radical (unpaired) electrons. The molecule has 12 heteroatoms. The lowest BCUT2D eigenvalue weighted by Crippen LogP contribution is -2.56. The van der Waals surface area contributed by atoms with Crippen molar-refractivity contribution < 1.29 is 29.0 Å². The highest BCUT2D eigenvalue weighted by atomic mass is 16.5. The monoisotopic (exact) mass is 666 g/mol. The molecule has 5 N–H and O–H groups in total. The first-order valence-corrected chi connectivity index (χ1v) is 16.2. The molecule has 5 rings (SSSR count). The zero-order valence-electron chi connectivity index (χ0n) is 27.6. The van der Waals surface area contributed by atoms with E-state index in [0.29, 0.717) is 31.5 Å². The Balaban J connectivity index is 1.27. The Morgan fingerprint density at radius 3 is 2.22 bits per heavy atom. The Hall–Kier alpha value is -5.33. The van der Waals surface area contributed by atoms with Gasteiger partial charge in [-0.05, 0) is 62.1 Å². The van der Waals surface area contributed by atoms with E-state index < -0.39 is 29.4 Å². The number of imidazole rings is 1. The van der Waals surface area contributed by atoms with Gasteiger partial charge in [-0.15, -0.1) is 0 Å². The molecule has 1 aliphatic rings. The topological polar surface area (TPSA) is 169 Å². The maximum atomic E-state index is 14.1. The fourth-order valence-corrected chi connectivity index (χ4v) is 5.63. The van der Waals surface area contributed by atoms with Crippen molar-refractivity contribution >= 4 is 29.3 Å². The van der Waals surface area contributed by atoms with Crippen LogP contribution in [0.3, 0.4) is 0 Å². The number of amides is 3. The summed E-state index contributed by atoms with van der Waals surface area (Å²) in [5.41, 5.74) is 6.93. The van der Waals surface area contributed by atoms with Crippen molar-refractivity contribution in [1.82, 2.24) is 19.8 Å². The Bertz CT molecular complexity index is 1730. The van der Waals surface area contributed by atoms with Crippen LogP contribution in [0.15, 0.2) is 97.5 Å². The van der Waals surface area contributed by atoms with E-state index in [9.17, 15) is 24.3 Å². The second kappa shape index (κ2) is 15.7. The summed E-state index contributed by atoms with van der Waals surface area (Å²) in [6.07, 6.45) is 4.08. The number of nitrogens with one attached hydrogen (secondary N) is 2. The van der Waals surface area contributed by atoms with Crippen LogP contribution in [0.4, 0.5) is 5.82 Å². The number of benzene rings is 3. The second-order valence-corrected chi connectivity index (χ2v) is 12.8. The van der Waals surface area contributed by atoms with Crippen molar-refractivity contribution in [3.8, 4) is 5.75 Å². The fourth-order valence-electron chi connectivity index (χ4n) is 5.63. The first-order chi connectivity index (χ1) is 23.5. The van der Waals surface area contributed by atoms with Crippen molar-refractivity contribution in [1.29, 1.82) is 0 Å². The summed E-state index contributed by atoms with van der Waals surface area (Å²) in [4.78, 5) is 59.4. The first-order valence-electron chi connectivity index (χ1n) is 16.2. The summed E-state index contributed by atoms with van der Waals surface area (Å²) in [5, 5.41) is 15.0. The third-order valence-corrected chi connectivity index (χ3v) is 8.43. The molecule has 2 heterocycles. The summed E-state index contributed by atoms with van der Waals surface area (Å²) in [6, 6.07) is 23.1. The molecular weight excluding hydrogens is 624 g/mol. The van der Waals surface area contributed by atoms with E-state index in [4.69, 9.17) is 10.5 Å². The second-order valence-electron chi connectivity index (χ2n) is 12.8. The molecule has 1 aromatic heterocycles. The van der Waals surface area contributed by atoms with E-state index in [2.05, 4.69) is 15.6 Å². The van der Waals surface area contributed by atoms with Crippen LogP contribution in [0.25, 0.3) is 0 Å². The number of nitrogens with two attached hydrogens (primary N) is 1. The van der Waals surface area contributed by atoms with Gasteiger partial charge in [0.25, 0.3) is 5.91 Å². The van der Waals surface area contributed by atoms with E-state index >= 15 is 0 Å². The SMILES string of the molecule is CC(C)(N)C(=O)N[C@H](COCc1ccccc1)C(=O)Nc1cn(C(C(=O)N2CCC(C(=O)c3ccc(O)cc3)CC2)c2ccccc2)cn1. The quantitative estimate of drug-likeness (QED) is 0.157. The number of hydrogen-bond acceptors (Lipinski definition) is 8. The van der Waals surface area contributed by atoms with Crippen LogP contribution in [-0.2, 0) is 25.7 Å². The molecular formula is C37H42N6O6. The van der Waals surface area contributed by atoms with Gasteiger partial charge in [-0.3, -0.25) is 19.2 Å². The van der Waals surface area contributed by atoms with Gasteiger partial charge in [0.2, 0.25) is 11.8 Å².